The van der Waals surface area contributed by atoms with E-state index in [0.717, 1.165) is 11.3 Å². The fourth-order valence-electron chi connectivity index (χ4n) is 4.77. The molecule has 1 aromatic heterocycles. The monoisotopic (exact) mass is 646 g/mol. The number of carbonyl (C=O) groups is 2. The number of esters is 1. The highest BCUT2D eigenvalue weighted by Crippen LogP contribution is 2.34. The number of hydrogen-bond donors (Lipinski definition) is 1. The van der Waals surface area contributed by atoms with Crippen LogP contribution in [0.1, 0.15) is 12.5 Å². The van der Waals surface area contributed by atoms with Gasteiger partial charge in [0.2, 0.25) is 10.0 Å². The highest BCUT2D eigenvalue weighted by atomic mass is 32.2. The fourth-order valence-corrected chi connectivity index (χ4v) is 6.22. The van der Waals surface area contributed by atoms with Crippen LogP contribution in [0.2, 0.25) is 0 Å². The molecule has 5 rings (SSSR count). The number of nitrogens with zero attached hydrogens (tertiary/aromatic N) is 3. The lowest BCUT2D eigenvalue weighted by molar-refractivity contribution is -0.148. The molecular formula is C33H34N4O8S. The van der Waals surface area contributed by atoms with Gasteiger partial charge in [-0.3, -0.25) is 4.79 Å². The Morgan fingerprint density at radius 2 is 1.70 bits per heavy atom. The van der Waals surface area contributed by atoms with Crippen molar-refractivity contribution in [2.75, 3.05) is 45.8 Å². The van der Waals surface area contributed by atoms with Crippen molar-refractivity contribution in [3.05, 3.63) is 90.6 Å². The van der Waals surface area contributed by atoms with Gasteiger partial charge in [0.05, 0.1) is 38.0 Å². The highest BCUT2D eigenvalue weighted by molar-refractivity contribution is 7.89. The molecule has 240 valence electrons. The summed E-state index contributed by atoms with van der Waals surface area (Å²) in [5.41, 5.74) is 2.99. The first-order chi connectivity index (χ1) is 22.2. The maximum absolute atomic E-state index is 13.0. The molecule has 3 aromatic carbocycles. The van der Waals surface area contributed by atoms with Crippen LogP contribution in [0.25, 0.3) is 23.0 Å². The minimum atomic E-state index is -3.75. The van der Waals surface area contributed by atoms with Crippen LogP contribution < -0.4 is 14.8 Å². The fraction of sp³-hybridized carbons (Fsp3) is 0.242. The molecule has 0 radical (unpaired) electrons. The zero-order valence-corrected chi connectivity index (χ0v) is 26.4. The number of para-hydroxylation sites is 1. The summed E-state index contributed by atoms with van der Waals surface area (Å²) in [5, 5.41) is 7.38. The Morgan fingerprint density at radius 3 is 2.41 bits per heavy atom. The SMILES string of the molecule is COc1ccc(-c2nn(-c3ccccc3)cc2/C=C/C(=O)O[C@@H](C)C(=O)Nc2cccc(S(=O)(=O)N3CCOCC3)c2)cc1OC. The van der Waals surface area contributed by atoms with Crippen molar-refractivity contribution >= 4 is 33.7 Å². The van der Waals surface area contributed by atoms with E-state index in [1.165, 1.54) is 35.5 Å². The number of amides is 1. The van der Waals surface area contributed by atoms with Gasteiger partial charge in [-0.25, -0.2) is 17.9 Å². The van der Waals surface area contributed by atoms with Crippen LogP contribution in [-0.2, 0) is 29.1 Å². The lowest BCUT2D eigenvalue weighted by Crippen LogP contribution is -2.40. The third-order valence-electron chi connectivity index (χ3n) is 7.19. The van der Waals surface area contributed by atoms with E-state index in [-0.39, 0.29) is 23.7 Å². The molecule has 0 bridgehead atoms. The van der Waals surface area contributed by atoms with Crippen molar-refractivity contribution in [2.24, 2.45) is 0 Å². The number of methoxy groups -OCH3 is 2. The average molecular weight is 647 g/mol. The summed E-state index contributed by atoms with van der Waals surface area (Å²) in [7, 11) is -0.657. The molecule has 1 amide bonds. The Labute approximate surface area is 267 Å². The lowest BCUT2D eigenvalue weighted by atomic mass is 10.1. The first-order valence-electron chi connectivity index (χ1n) is 14.4. The number of nitrogens with one attached hydrogen (secondary N) is 1. The van der Waals surface area contributed by atoms with Crippen LogP contribution in [0.5, 0.6) is 11.5 Å². The normalized spacial score (nSPS) is 14.5. The molecule has 4 aromatic rings. The standard InChI is InChI=1S/C33H34N4O8S/c1-23(33(39)34-26-8-7-11-28(21-26)46(40,41)36-16-18-44-19-17-36)45-31(38)15-13-25-22-37(27-9-5-4-6-10-27)35-32(25)24-12-14-29(42-2)30(20-24)43-3/h4-15,20-23H,16-19H2,1-3H3,(H,34,39)/b15-13+/t23-/m0/s1. The van der Waals surface area contributed by atoms with Crippen LogP contribution in [0, 0.1) is 0 Å². The Hall–Kier alpha value is -4.98. The van der Waals surface area contributed by atoms with Gasteiger partial charge in [0.25, 0.3) is 5.91 Å². The van der Waals surface area contributed by atoms with Crippen LogP contribution in [0.3, 0.4) is 0 Å². The largest absolute Gasteiger partial charge is 0.493 e. The first kappa shape index (κ1) is 32.4. The zero-order chi connectivity index (χ0) is 32.7. The summed E-state index contributed by atoms with van der Waals surface area (Å²) in [4.78, 5) is 25.7. The van der Waals surface area contributed by atoms with Gasteiger partial charge in [-0.2, -0.15) is 9.40 Å². The number of hydrogen-bond acceptors (Lipinski definition) is 9. The number of rotatable bonds is 11. The number of ether oxygens (including phenoxy) is 4. The molecule has 1 aliphatic rings. The Kier molecular flexibility index (Phi) is 10.2. The predicted octanol–water partition coefficient (Wildman–Crippen LogP) is 4.16. The summed E-state index contributed by atoms with van der Waals surface area (Å²) in [6.45, 7) is 2.57. The van der Waals surface area contributed by atoms with E-state index >= 15 is 0 Å². The van der Waals surface area contributed by atoms with Crippen molar-refractivity contribution < 1.29 is 37.0 Å². The summed E-state index contributed by atoms with van der Waals surface area (Å²) in [6, 6.07) is 20.8. The molecular weight excluding hydrogens is 612 g/mol. The van der Waals surface area contributed by atoms with Gasteiger partial charge in [-0.05, 0) is 61.5 Å². The summed E-state index contributed by atoms with van der Waals surface area (Å²) in [5.74, 6) is -0.289. The number of aromatic nitrogens is 2. The molecule has 13 heteroatoms. The Bertz CT molecular complexity index is 1830. The molecule has 0 saturated carbocycles. The topological polar surface area (TPSA) is 138 Å². The quantitative estimate of drug-likeness (QED) is 0.188. The molecule has 1 N–H and O–H groups in total. The molecule has 0 aliphatic carbocycles. The van der Waals surface area contributed by atoms with E-state index in [0.29, 0.717) is 36.0 Å². The second-order valence-electron chi connectivity index (χ2n) is 10.2. The number of anilines is 1. The molecule has 46 heavy (non-hydrogen) atoms. The minimum absolute atomic E-state index is 0.0427. The Morgan fingerprint density at radius 1 is 0.957 bits per heavy atom. The molecule has 1 aliphatic heterocycles. The summed E-state index contributed by atoms with van der Waals surface area (Å²) < 4.78 is 50.5. The van der Waals surface area contributed by atoms with Crippen LogP contribution in [0.4, 0.5) is 5.69 Å². The minimum Gasteiger partial charge on any atom is -0.493 e. The van der Waals surface area contributed by atoms with E-state index in [4.69, 9.17) is 24.0 Å². The van der Waals surface area contributed by atoms with Crippen molar-refractivity contribution in [1.82, 2.24) is 14.1 Å². The smallest absolute Gasteiger partial charge is 0.331 e. The Balaban J connectivity index is 1.30. The number of carbonyl (C=O) groups excluding carboxylic acids is 2. The number of benzene rings is 3. The van der Waals surface area contributed by atoms with Crippen molar-refractivity contribution in [3.8, 4) is 28.4 Å². The predicted molar refractivity (Wildman–Crippen MR) is 171 cm³/mol. The van der Waals surface area contributed by atoms with Crippen LogP contribution >= 0.6 is 0 Å². The average Bonchev–Trinajstić information content (AvgIpc) is 3.52. The summed E-state index contributed by atoms with van der Waals surface area (Å²) in [6.07, 6.45) is 3.38. The van der Waals surface area contributed by atoms with Crippen molar-refractivity contribution in [3.63, 3.8) is 0 Å². The van der Waals surface area contributed by atoms with Crippen LogP contribution in [-0.4, -0.2) is 81.0 Å². The molecule has 0 unspecified atom stereocenters. The third kappa shape index (κ3) is 7.45. The van der Waals surface area contributed by atoms with Gasteiger partial charge < -0.3 is 24.3 Å². The molecule has 1 atom stereocenters. The number of morpholine rings is 1. The second kappa shape index (κ2) is 14.4. The van der Waals surface area contributed by atoms with E-state index in [2.05, 4.69) is 5.32 Å². The highest BCUT2D eigenvalue weighted by Gasteiger charge is 2.27. The van der Waals surface area contributed by atoms with Gasteiger partial charge in [-0.1, -0.05) is 24.3 Å². The number of sulfonamides is 1. The van der Waals surface area contributed by atoms with Crippen LogP contribution in [0.15, 0.2) is 90.0 Å². The molecule has 1 fully saturated rings. The van der Waals surface area contributed by atoms with Gasteiger partial charge in [0.15, 0.2) is 17.6 Å². The maximum Gasteiger partial charge on any atom is 0.331 e. The lowest BCUT2D eigenvalue weighted by Gasteiger charge is -2.26. The maximum atomic E-state index is 13.0. The second-order valence-corrected chi connectivity index (χ2v) is 12.2. The molecule has 0 spiro atoms. The molecule has 12 nitrogen and oxygen atoms in total. The summed E-state index contributed by atoms with van der Waals surface area (Å²) >= 11 is 0. The van der Waals surface area contributed by atoms with E-state index < -0.39 is 28.0 Å². The van der Waals surface area contributed by atoms with Crippen molar-refractivity contribution in [2.45, 2.75) is 17.9 Å². The zero-order valence-electron chi connectivity index (χ0n) is 25.6. The van der Waals surface area contributed by atoms with E-state index in [9.17, 15) is 18.0 Å². The van der Waals surface area contributed by atoms with Gasteiger partial charge >= 0.3 is 5.97 Å². The van der Waals surface area contributed by atoms with Gasteiger partial charge in [0, 0.05) is 42.2 Å². The van der Waals surface area contributed by atoms with Gasteiger partial charge in [-0.15, -0.1) is 0 Å². The molecule has 1 saturated heterocycles. The third-order valence-corrected chi connectivity index (χ3v) is 9.09. The van der Waals surface area contributed by atoms with E-state index in [1.807, 2.05) is 36.4 Å². The first-order valence-corrected chi connectivity index (χ1v) is 15.9. The van der Waals surface area contributed by atoms with Crippen molar-refractivity contribution in [1.29, 1.82) is 0 Å². The molecule has 2 heterocycles. The van der Waals surface area contributed by atoms with E-state index in [1.54, 1.807) is 49.4 Å². The van der Waals surface area contributed by atoms with Gasteiger partial charge in [0.1, 0.15) is 5.69 Å².